The molecular formula is C25H22BrClN4O4. The molecule has 0 spiro atoms. The van der Waals surface area contributed by atoms with Crippen molar-refractivity contribution in [3.63, 3.8) is 0 Å². The summed E-state index contributed by atoms with van der Waals surface area (Å²) in [6.45, 7) is 3.59. The van der Waals surface area contributed by atoms with Crippen LogP contribution >= 0.6 is 27.5 Å². The molecule has 0 unspecified atom stereocenters. The highest BCUT2D eigenvalue weighted by Crippen LogP contribution is 2.23. The van der Waals surface area contributed by atoms with E-state index < -0.39 is 11.8 Å². The summed E-state index contributed by atoms with van der Waals surface area (Å²) in [5, 5.41) is 9.53. The molecule has 3 amide bonds. The zero-order chi connectivity index (χ0) is 25.4. The number of carbonyl (C=O) groups excluding carboxylic acids is 3. The van der Waals surface area contributed by atoms with Crippen molar-refractivity contribution in [3.8, 4) is 5.75 Å². The largest absolute Gasteiger partial charge is 0.483 e. The Labute approximate surface area is 215 Å². The minimum atomic E-state index is -0.966. The number of anilines is 2. The Kier molecular flexibility index (Phi) is 8.99. The zero-order valence-electron chi connectivity index (χ0n) is 18.9. The van der Waals surface area contributed by atoms with Gasteiger partial charge < -0.3 is 15.4 Å². The van der Waals surface area contributed by atoms with Crippen LogP contribution in [-0.4, -0.2) is 30.5 Å². The second-order valence-corrected chi connectivity index (χ2v) is 8.80. The third kappa shape index (κ3) is 7.66. The van der Waals surface area contributed by atoms with Crippen LogP contribution < -0.4 is 20.8 Å². The Morgan fingerprint density at radius 1 is 0.971 bits per heavy atom. The molecule has 0 radical (unpaired) electrons. The topological polar surface area (TPSA) is 109 Å². The van der Waals surface area contributed by atoms with Crippen molar-refractivity contribution in [2.24, 2.45) is 5.10 Å². The molecule has 0 heterocycles. The maximum Gasteiger partial charge on any atom is 0.329 e. The maximum absolute atomic E-state index is 12.4. The smallest absolute Gasteiger partial charge is 0.329 e. The number of aryl methyl sites for hydroxylation is 2. The van der Waals surface area contributed by atoms with Gasteiger partial charge in [0.1, 0.15) is 5.75 Å². The van der Waals surface area contributed by atoms with Crippen molar-refractivity contribution in [3.05, 3.63) is 86.8 Å². The molecule has 0 bridgehead atoms. The van der Waals surface area contributed by atoms with Crippen molar-refractivity contribution in [1.82, 2.24) is 5.43 Å². The maximum atomic E-state index is 12.4. The molecule has 3 N–H and O–H groups in total. The Bertz CT molecular complexity index is 1280. The first-order valence-corrected chi connectivity index (χ1v) is 11.6. The van der Waals surface area contributed by atoms with Crippen LogP contribution in [0.5, 0.6) is 5.75 Å². The molecular weight excluding hydrogens is 536 g/mol. The summed E-state index contributed by atoms with van der Waals surface area (Å²) in [5.74, 6) is -1.82. The van der Waals surface area contributed by atoms with Gasteiger partial charge in [-0.3, -0.25) is 14.4 Å². The quantitative estimate of drug-likeness (QED) is 0.220. The summed E-state index contributed by atoms with van der Waals surface area (Å²) in [6.07, 6.45) is 1.31. The van der Waals surface area contributed by atoms with Gasteiger partial charge in [0.05, 0.1) is 6.21 Å². The number of nitrogens with one attached hydrogen (secondary N) is 3. The third-order valence-corrected chi connectivity index (χ3v) is 5.46. The second-order valence-electron chi connectivity index (χ2n) is 7.45. The number of ether oxygens (including phenoxy) is 1. The molecule has 8 nitrogen and oxygen atoms in total. The van der Waals surface area contributed by atoms with E-state index in [9.17, 15) is 14.4 Å². The molecule has 35 heavy (non-hydrogen) atoms. The van der Waals surface area contributed by atoms with E-state index in [2.05, 4.69) is 37.1 Å². The van der Waals surface area contributed by atoms with E-state index in [1.165, 1.54) is 12.3 Å². The fourth-order valence-corrected chi connectivity index (χ4v) is 3.62. The van der Waals surface area contributed by atoms with Crippen LogP contribution in [0.1, 0.15) is 16.7 Å². The minimum absolute atomic E-state index is 0.232. The van der Waals surface area contributed by atoms with Crippen molar-refractivity contribution in [1.29, 1.82) is 0 Å². The van der Waals surface area contributed by atoms with Gasteiger partial charge in [0, 0.05) is 26.4 Å². The molecule has 3 aromatic rings. The lowest BCUT2D eigenvalue weighted by Gasteiger charge is -2.13. The van der Waals surface area contributed by atoms with Crippen molar-refractivity contribution >= 4 is 62.8 Å². The molecule has 10 heteroatoms. The lowest BCUT2D eigenvalue weighted by Crippen LogP contribution is -2.32. The van der Waals surface area contributed by atoms with E-state index in [4.69, 9.17) is 16.3 Å². The van der Waals surface area contributed by atoms with Gasteiger partial charge in [-0.15, -0.1) is 0 Å². The fourth-order valence-electron chi connectivity index (χ4n) is 3.05. The number of hydrazone groups is 1. The summed E-state index contributed by atoms with van der Waals surface area (Å²) in [7, 11) is 0. The molecule has 0 atom stereocenters. The average Bonchev–Trinajstić information content (AvgIpc) is 2.81. The van der Waals surface area contributed by atoms with E-state index in [0.717, 1.165) is 21.3 Å². The Morgan fingerprint density at radius 3 is 2.40 bits per heavy atom. The number of hydrogen-bond acceptors (Lipinski definition) is 5. The van der Waals surface area contributed by atoms with Crippen LogP contribution in [0.15, 0.2) is 70.2 Å². The molecule has 0 aliphatic heterocycles. The van der Waals surface area contributed by atoms with E-state index in [-0.39, 0.29) is 12.5 Å². The summed E-state index contributed by atoms with van der Waals surface area (Å²) < 4.78 is 6.41. The van der Waals surface area contributed by atoms with E-state index in [0.29, 0.717) is 22.0 Å². The van der Waals surface area contributed by atoms with E-state index >= 15 is 0 Å². The number of benzene rings is 3. The molecule has 0 aromatic heterocycles. The van der Waals surface area contributed by atoms with E-state index in [1.807, 2.05) is 32.0 Å². The standard InChI is InChI=1S/C25H22BrClN4O4/c1-15-5-3-6-16(2)23(15)30-22(32)14-35-21-10-9-18(26)11-17(21)13-28-31-25(34)24(33)29-20-8-4-7-19(27)12-20/h3-13H,14H2,1-2H3,(H,29,33)(H,30,32)(H,31,34)/b28-13-. The first-order chi connectivity index (χ1) is 16.7. The van der Waals surface area contributed by atoms with Crippen molar-refractivity contribution < 1.29 is 19.1 Å². The number of rotatable bonds is 7. The highest BCUT2D eigenvalue weighted by Gasteiger charge is 2.14. The van der Waals surface area contributed by atoms with Crippen LogP contribution in [-0.2, 0) is 14.4 Å². The second kappa shape index (κ2) is 12.1. The van der Waals surface area contributed by atoms with Crippen LogP contribution in [0.4, 0.5) is 11.4 Å². The highest BCUT2D eigenvalue weighted by molar-refractivity contribution is 9.10. The first-order valence-electron chi connectivity index (χ1n) is 10.4. The monoisotopic (exact) mass is 556 g/mol. The molecule has 180 valence electrons. The third-order valence-electron chi connectivity index (χ3n) is 4.73. The molecule has 0 saturated carbocycles. The van der Waals surface area contributed by atoms with Gasteiger partial charge in [-0.05, 0) is 61.4 Å². The molecule has 3 aromatic carbocycles. The van der Waals surface area contributed by atoms with E-state index in [1.54, 1.807) is 36.4 Å². The van der Waals surface area contributed by atoms with Gasteiger partial charge >= 0.3 is 11.8 Å². The first kappa shape index (κ1) is 25.9. The lowest BCUT2D eigenvalue weighted by atomic mass is 10.1. The Hall–Kier alpha value is -3.69. The number of amides is 3. The summed E-state index contributed by atoms with van der Waals surface area (Å²) in [5.41, 5.74) is 5.66. The lowest BCUT2D eigenvalue weighted by molar-refractivity contribution is -0.136. The number of halogens is 2. The van der Waals surface area contributed by atoms with Gasteiger partial charge in [-0.25, -0.2) is 5.43 Å². The Morgan fingerprint density at radius 2 is 1.69 bits per heavy atom. The van der Waals surface area contributed by atoms with Crippen LogP contribution in [0, 0.1) is 13.8 Å². The van der Waals surface area contributed by atoms with Crippen LogP contribution in [0.3, 0.4) is 0 Å². The molecule has 3 rings (SSSR count). The fraction of sp³-hybridized carbons (Fsp3) is 0.120. The SMILES string of the molecule is Cc1cccc(C)c1NC(=O)COc1ccc(Br)cc1/C=N\NC(=O)C(=O)Nc1cccc(Cl)c1. The normalized spacial score (nSPS) is 10.6. The molecule has 0 fully saturated rings. The van der Waals surface area contributed by atoms with Gasteiger partial charge in [-0.2, -0.15) is 5.10 Å². The summed E-state index contributed by atoms with van der Waals surface area (Å²) in [6, 6.07) is 17.2. The number of para-hydroxylation sites is 1. The predicted octanol–water partition coefficient (Wildman–Crippen LogP) is 4.83. The molecule has 0 aliphatic carbocycles. The highest BCUT2D eigenvalue weighted by atomic mass is 79.9. The van der Waals surface area contributed by atoms with Crippen molar-refractivity contribution in [2.75, 3.05) is 17.2 Å². The molecule has 0 saturated heterocycles. The minimum Gasteiger partial charge on any atom is -0.483 e. The van der Waals surface area contributed by atoms with Crippen LogP contribution in [0.25, 0.3) is 0 Å². The summed E-state index contributed by atoms with van der Waals surface area (Å²) in [4.78, 5) is 36.5. The van der Waals surface area contributed by atoms with Crippen LogP contribution in [0.2, 0.25) is 5.02 Å². The summed E-state index contributed by atoms with van der Waals surface area (Å²) >= 11 is 9.23. The van der Waals surface area contributed by atoms with Gasteiger partial charge in [0.25, 0.3) is 5.91 Å². The number of carbonyl (C=O) groups is 3. The zero-order valence-corrected chi connectivity index (χ0v) is 21.2. The number of hydrogen-bond donors (Lipinski definition) is 3. The van der Waals surface area contributed by atoms with Gasteiger partial charge in [0.15, 0.2) is 6.61 Å². The average molecular weight is 558 g/mol. The Balaban J connectivity index is 1.60. The molecule has 0 aliphatic rings. The van der Waals surface area contributed by atoms with Gasteiger partial charge in [-0.1, -0.05) is 51.8 Å². The predicted molar refractivity (Wildman–Crippen MR) is 140 cm³/mol. The van der Waals surface area contributed by atoms with Crippen molar-refractivity contribution in [2.45, 2.75) is 13.8 Å². The number of nitrogens with zero attached hydrogens (tertiary/aromatic N) is 1. The van der Waals surface area contributed by atoms with Gasteiger partial charge in [0.2, 0.25) is 0 Å².